The maximum atomic E-state index is 11.0. The van der Waals surface area contributed by atoms with E-state index in [0.717, 1.165) is 12.8 Å². The number of ether oxygens (including phenoxy) is 2. The van der Waals surface area contributed by atoms with Crippen LogP contribution in [0.4, 0.5) is 4.79 Å². The number of imide groups is 1. The van der Waals surface area contributed by atoms with Gasteiger partial charge in [0.25, 0.3) is 5.91 Å². The lowest BCUT2D eigenvalue weighted by Crippen LogP contribution is -2.28. The van der Waals surface area contributed by atoms with Crippen LogP contribution in [0, 0.1) is 0 Å². The maximum Gasteiger partial charge on any atom is 0.509 e. The number of amides is 2. The van der Waals surface area contributed by atoms with Crippen molar-refractivity contribution in [3.63, 3.8) is 0 Å². The SMILES string of the molecule is CCCCOC(=O)OC1CC(=O)NC1=O. The van der Waals surface area contributed by atoms with Crippen LogP contribution in [0.2, 0.25) is 0 Å². The third-order valence-corrected chi connectivity index (χ3v) is 1.88. The molecule has 1 fully saturated rings. The summed E-state index contributed by atoms with van der Waals surface area (Å²) in [5, 5.41) is 2.03. The van der Waals surface area contributed by atoms with E-state index < -0.39 is 24.1 Å². The molecule has 1 N–H and O–H groups in total. The summed E-state index contributed by atoms with van der Waals surface area (Å²) in [5.74, 6) is -1.03. The van der Waals surface area contributed by atoms with E-state index in [0.29, 0.717) is 0 Å². The van der Waals surface area contributed by atoms with Gasteiger partial charge in [-0.1, -0.05) is 13.3 Å². The summed E-state index contributed by atoms with van der Waals surface area (Å²) in [6.07, 6.45) is -0.424. The highest BCUT2D eigenvalue weighted by atomic mass is 16.7. The molecule has 1 unspecified atom stereocenters. The average Bonchev–Trinajstić information content (AvgIpc) is 2.45. The average molecular weight is 215 g/mol. The van der Waals surface area contributed by atoms with Gasteiger partial charge in [-0.25, -0.2) is 4.79 Å². The molecular weight excluding hydrogens is 202 g/mol. The van der Waals surface area contributed by atoms with Gasteiger partial charge in [-0.05, 0) is 6.42 Å². The zero-order valence-electron chi connectivity index (χ0n) is 8.45. The van der Waals surface area contributed by atoms with Crippen LogP contribution in [-0.4, -0.2) is 30.7 Å². The summed E-state index contributed by atoms with van der Waals surface area (Å²) < 4.78 is 9.32. The molecule has 0 saturated carbocycles. The van der Waals surface area contributed by atoms with Crippen LogP contribution in [0.3, 0.4) is 0 Å². The Balaban J connectivity index is 2.26. The van der Waals surface area contributed by atoms with Crippen molar-refractivity contribution in [2.45, 2.75) is 32.3 Å². The Bertz CT molecular complexity index is 276. The predicted octanol–water partition coefficient (Wildman–Crippen LogP) is 0.355. The highest BCUT2D eigenvalue weighted by molar-refractivity contribution is 6.05. The summed E-state index contributed by atoms with van der Waals surface area (Å²) in [7, 11) is 0. The second kappa shape index (κ2) is 5.33. The molecule has 0 bridgehead atoms. The number of carbonyl (C=O) groups is 3. The topological polar surface area (TPSA) is 81.7 Å². The van der Waals surface area contributed by atoms with Crippen LogP contribution in [0.1, 0.15) is 26.2 Å². The molecule has 0 aliphatic carbocycles. The molecule has 1 rings (SSSR count). The Morgan fingerprint density at radius 2 is 2.27 bits per heavy atom. The molecule has 1 aliphatic heterocycles. The molecular formula is C9H13NO5. The van der Waals surface area contributed by atoms with Crippen molar-refractivity contribution in [2.75, 3.05) is 6.61 Å². The second-order valence-corrected chi connectivity index (χ2v) is 3.18. The van der Waals surface area contributed by atoms with Gasteiger partial charge < -0.3 is 9.47 Å². The van der Waals surface area contributed by atoms with Crippen LogP contribution >= 0.6 is 0 Å². The first-order chi connectivity index (χ1) is 7.13. The Hall–Kier alpha value is -1.59. The van der Waals surface area contributed by atoms with Crippen molar-refractivity contribution in [1.29, 1.82) is 0 Å². The second-order valence-electron chi connectivity index (χ2n) is 3.18. The van der Waals surface area contributed by atoms with Gasteiger partial charge in [0.2, 0.25) is 5.91 Å². The van der Waals surface area contributed by atoms with Crippen molar-refractivity contribution in [1.82, 2.24) is 5.32 Å². The fourth-order valence-corrected chi connectivity index (χ4v) is 1.08. The van der Waals surface area contributed by atoms with Gasteiger partial charge >= 0.3 is 6.16 Å². The van der Waals surface area contributed by atoms with E-state index in [1.165, 1.54) is 0 Å². The molecule has 0 spiro atoms. The molecule has 6 heteroatoms. The van der Waals surface area contributed by atoms with Crippen LogP contribution in [0.5, 0.6) is 0 Å². The van der Waals surface area contributed by atoms with Gasteiger partial charge in [-0.15, -0.1) is 0 Å². The molecule has 0 radical (unpaired) electrons. The van der Waals surface area contributed by atoms with E-state index in [9.17, 15) is 14.4 Å². The predicted molar refractivity (Wildman–Crippen MR) is 48.9 cm³/mol. The molecule has 15 heavy (non-hydrogen) atoms. The van der Waals surface area contributed by atoms with Gasteiger partial charge in [-0.2, -0.15) is 0 Å². The fraction of sp³-hybridized carbons (Fsp3) is 0.667. The molecule has 84 valence electrons. The largest absolute Gasteiger partial charge is 0.509 e. The van der Waals surface area contributed by atoms with E-state index in [4.69, 9.17) is 0 Å². The lowest BCUT2D eigenvalue weighted by atomic mass is 10.3. The fourth-order valence-electron chi connectivity index (χ4n) is 1.08. The summed E-state index contributed by atoms with van der Waals surface area (Å²) >= 11 is 0. The zero-order chi connectivity index (χ0) is 11.3. The molecule has 1 atom stereocenters. The molecule has 2 amide bonds. The Labute approximate surface area is 86.9 Å². The normalized spacial score (nSPS) is 19.9. The van der Waals surface area contributed by atoms with Crippen LogP contribution in [-0.2, 0) is 19.1 Å². The molecule has 0 aromatic carbocycles. The van der Waals surface area contributed by atoms with E-state index in [2.05, 4.69) is 9.47 Å². The number of unbranched alkanes of at least 4 members (excludes halogenated alkanes) is 1. The summed E-state index contributed by atoms with van der Waals surface area (Å²) in [6, 6.07) is 0. The van der Waals surface area contributed by atoms with Crippen molar-refractivity contribution >= 4 is 18.0 Å². The Kier molecular flexibility index (Phi) is 4.08. The Morgan fingerprint density at radius 3 is 2.80 bits per heavy atom. The van der Waals surface area contributed by atoms with Gasteiger partial charge in [-0.3, -0.25) is 14.9 Å². The zero-order valence-corrected chi connectivity index (χ0v) is 8.45. The minimum absolute atomic E-state index is 0.123. The standard InChI is InChI=1S/C9H13NO5/c1-2-3-4-14-9(13)15-6-5-7(11)10-8(6)12/h6H,2-5H2,1H3,(H,10,11,12). The van der Waals surface area contributed by atoms with Gasteiger partial charge in [0.1, 0.15) is 0 Å². The van der Waals surface area contributed by atoms with Gasteiger partial charge in [0, 0.05) is 0 Å². The number of nitrogens with one attached hydrogen (secondary N) is 1. The monoisotopic (exact) mass is 215 g/mol. The smallest absolute Gasteiger partial charge is 0.434 e. The molecule has 6 nitrogen and oxygen atoms in total. The van der Waals surface area contributed by atoms with Crippen molar-refractivity contribution in [3.8, 4) is 0 Å². The minimum Gasteiger partial charge on any atom is -0.434 e. The number of carbonyl (C=O) groups excluding carboxylic acids is 3. The summed E-state index contributed by atoms with van der Waals surface area (Å²) in [5.41, 5.74) is 0. The van der Waals surface area contributed by atoms with Gasteiger partial charge in [0.15, 0.2) is 6.10 Å². The van der Waals surface area contributed by atoms with Crippen molar-refractivity contribution in [3.05, 3.63) is 0 Å². The first-order valence-electron chi connectivity index (χ1n) is 4.80. The molecule has 1 aliphatic rings. The lowest BCUT2D eigenvalue weighted by molar-refractivity contribution is -0.128. The van der Waals surface area contributed by atoms with E-state index >= 15 is 0 Å². The van der Waals surface area contributed by atoms with Crippen LogP contribution < -0.4 is 5.32 Å². The lowest BCUT2D eigenvalue weighted by Gasteiger charge is -2.08. The third kappa shape index (κ3) is 3.57. The van der Waals surface area contributed by atoms with Crippen molar-refractivity contribution in [2.24, 2.45) is 0 Å². The van der Waals surface area contributed by atoms with Crippen molar-refractivity contribution < 1.29 is 23.9 Å². The molecule has 0 aromatic heterocycles. The van der Waals surface area contributed by atoms with Gasteiger partial charge in [0.05, 0.1) is 13.0 Å². The number of rotatable bonds is 4. The van der Waals surface area contributed by atoms with E-state index in [1.807, 2.05) is 12.2 Å². The third-order valence-electron chi connectivity index (χ3n) is 1.88. The Morgan fingerprint density at radius 1 is 1.53 bits per heavy atom. The highest BCUT2D eigenvalue weighted by Gasteiger charge is 2.34. The van der Waals surface area contributed by atoms with Crippen LogP contribution in [0.25, 0.3) is 0 Å². The number of hydrogen-bond acceptors (Lipinski definition) is 5. The molecule has 1 heterocycles. The first kappa shape index (κ1) is 11.5. The molecule has 1 saturated heterocycles. The minimum atomic E-state index is -1.04. The number of hydrogen-bond donors (Lipinski definition) is 1. The maximum absolute atomic E-state index is 11.0. The quantitative estimate of drug-likeness (QED) is 0.416. The first-order valence-corrected chi connectivity index (χ1v) is 4.80. The molecule has 0 aromatic rings. The van der Waals surface area contributed by atoms with E-state index in [-0.39, 0.29) is 13.0 Å². The van der Waals surface area contributed by atoms with Crippen LogP contribution in [0.15, 0.2) is 0 Å². The van der Waals surface area contributed by atoms with E-state index in [1.54, 1.807) is 0 Å². The summed E-state index contributed by atoms with van der Waals surface area (Å²) in [6.45, 7) is 2.22. The highest BCUT2D eigenvalue weighted by Crippen LogP contribution is 2.07. The summed E-state index contributed by atoms with van der Waals surface area (Å²) in [4.78, 5) is 32.7.